The van der Waals surface area contributed by atoms with Crippen molar-refractivity contribution in [2.45, 2.75) is 13.5 Å². The maximum Gasteiger partial charge on any atom is 0.387 e. The van der Waals surface area contributed by atoms with Crippen LogP contribution in [0.5, 0.6) is 11.5 Å². The highest BCUT2D eigenvalue weighted by atomic mass is 19.3. The Morgan fingerprint density at radius 3 is 2.64 bits per heavy atom. The molecule has 3 rings (SSSR count). The molecule has 5 nitrogen and oxygen atoms in total. The molecule has 0 saturated carbocycles. The predicted octanol–water partition coefficient (Wildman–Crippen LogP) is 3.92. The lowest BCUT2D eigenvalue weighted by molar-refractivity contribution is -0.0499. The van der Waals surface area contributed by atoms with Gasteiger partial charge in [-0.15, -0.1) is 0 Å². The molecule has 0 spiro atoms. The number of rotatable bonds is 4. The van der Waals surface area contributed by atoms with E-state index >= 15 is 0 Å². The molecule has 0 atom stereocenters. The second-order valence-corrected chi connectivity index (χ2v) is 5.20. The van der Waals surface area contributed by atoms with Gasteiger partial charge < -0.3 is 13.9 Å². The molecule has 0 amide bonds. The van der Waals surface area contributed by atoms with E-state index in [2.05, 4.69) is 4.74 Å². The number of hydrogen-bond donors (Lipinski definition) is 0. The van der Waals surface area contributed by atoms with Crippen molar-refractivity contribution in [1.82, 2.24) is 0 Å². The van der Waals surface area contributed by atoms with Crippen molar-refractivity contribution < 1.29 is 27.5 Å². The number of ether oxygens (including phenoxy) is 2. The number of alkyl halides is 2. The molecule has 0 aliphatic rings. The van der Waals surface area contributed by atoms with E-state index in [4.69, 9.17) is 9.15 Å². The first-order chi connectivity index (χ1) is 11.9. The van der Waals surface area contributed by atoms with Crippen molar-refractivity contribution in [3.63, 3.8) is 0 Å². The minimum Gasteiger partial charge on any atom is -0.435 e. The number of fused-ring (bicyclic) bond motifs is 1. The first-order valence-electron chi connectivity index (χ1n) is 7.24. The molecule has 0 unspecified atom stereocenters. The third-order valence-corrected chi connectivity index (χ3v) is 3.43. The van der Waals surface area contributed by atoms with Crippen molar-refractivity contribution in [2.24, 2.45) is 0 Å². The Labute approximate surface area is 140 Å². The van der Waals surface area contributed by atoms with Gasteiger partial charge in [-0.2, -0.15) is 8.78 Å². The average Bonchev–Trinajstić information content (AvgIpc) is 2.54. The van der Waals surface area contributed by atoms with Gasteiger partial charge in [-0.3, -0.25) is 0 Å². The molecule has 1 aromatic heterocycles. The largest absolute Gasteiger partial charge is 0.435 e. The Balaban J connectivity index is 1.86. The van der Waals surface area contributed by atoms with Crippen LogP contribution < -0.4 is 15.1 Å². The number of carbonyl (C=O) groups is 1. The maximum atomic E-state index is 12.2. The SMILES string of the molecule is Cc1cc(=O)oc2cc(OC(=O)c3cccc(OC(F)F)c3)ccc12. The molecule has 0 aliphatic heterocycles. The van der Waals surface area contributed by atoms with Gasteiger partial charge in [0.15, 0.2) is 0 Å². The number of carbonyl (C=O) groups excluding carboxylic acids is 1. The molecule has 0 radical (unpaired) electrons. The van der Waals surface area contributed by atoms with Crippen molar-refractivity contribution in [3.05, 3.63) is 70.1 Å². The van der Waals surface area contributed by atoms with Gasteiger partial charge in [0, 0.05) is 17.5 Å². The zero-order valence-electron chi connectivity index (χ0n) is 13.0. The standard InChI is InChI=1S/C18H12F2O5/c1-10-7-16(21)25-15-9-13(5-6-14(10)15)23-17(22)11-3-2-4-12(8-11)24-18(19)20/h2-9,18H,1H3. The Kier molecular flexibility index (Phi) is 4.47. The van der Waals surface area contributed by atoms with Crippen LogP contribution in [0.15, 0.2) is 57.7 Å². The van der Waals surface area contributed by atoms with Crippen LogP contribution in [0.2, 0.25) is 0 Å². The molecule has 0 N–H and O–H groups in total. The summed E-state index contributed by atoms with van der Waals surface area (Å²) in [7, 11) is 0. The number of halogens is 2. The van der Waals surface area contributed by atoms with Crippen LogP contribution in [0.25, 0.3) is 11.0 Å². The summed E-state index contributed by atoms with van der Waals surface area (Å²) >= 11 is 0. The van der Waals surface area contributed by atoms with Crippen LogP contribution >= 0.6 is 0 Å². The average molecular weight is 346 g/mol. The smallest absolute Gasteiger partial charge is 0.387 e. The Morgan fingerprint density at radius 2 is 1.88 bits per heavy atom. The molecule has 0 aliphatic carbocycles. The second kappa shape index (κ2) is 6.72. The summed E-state index contributed by atoms with van der Waals surface area (Å²) in [5, 5.41) is 0.715. The van der Waals surface area contributed by atoms with E-state index in [-0.39, 0.29) is 22.6 Å². The fraction of sp³-hybridized carbons (Fsp3) is 0.111. The minimum absolute atomic E-state index is 0.0453. The second-order valence-electron chi connectivity index (χ2n) is 5.20. The van der Waals surface area contributed by atoms with Gasteiger partial charge in [0.05, 0.1) is 5.56 Å². The van der Waals surface area contributed by atoms with Gasteiger partial charge in [-0.1, -0.05) is 6.07 Å². The third-order valence-electron chi connectivity index (χ3n) is 3.43. The van der Waals surface area contributed by atoms with Crippen molar-refractivity contribution in [3.8, 4) is 11.5 Å². The molecule has 7 heteroatoms. The molecule has 0 fully saturated rings. The summed E-state index contributed by atoms with van der Waals surface area (Å²) in [5.41, 5.74) is 0.556. The Hall–Kier alpha value is -3.22. The molecule has 0 saturated heterocycles. The predicted molar refractivity (Wildman–Crippen MR) is 85.3 cm³/mol. The van der Waals surface area contributed by atoms with E-state index < -0.39 is 18.2 Å². The van der Waals surface area contributed by atoms with Crippen molar-refractivity contribution in [2.75, 3.05) is 0 Å². The molecule has 25 heavy (non-hydrogen) atoms. The molecule has 1 heterocycles. The van der Waals surface area contributed by atoms with Crippen LogP contribution in [-0.4, -0.2) is 12.6 Å². The van der Waals surface area contributed by atoms with E-state index in [0.717, 1.165) is 11.6 Å². The number of hydrogen-bond acceptors (Lipinski definition) is 5. The fourth-order valence-electron chi connectivity index (χ4n) is 2.33. The third kappa shape index (κ3) is 3.82. The highest BCUT2D eigenvalue weighted by Gasteiger charge is 2.13. The molecule has 2 aromatic carbocycles. The lowest BCUT2D eigenvalue weighted by atomic mass is 10.1. The minimum atomic E-state index is -2.99. The molecule has 3 aromatic rings. The summed E-state index contributed by atoms with van der Waals surface area (Å²) in [6, 6.07) is 11.3. The molecular formula is C18H12F2O5. The lowest BCUT2D eigenvalue weighted by Crippen LogP contribution is -2.09. The van der Waals surface area contributed by atoms with Crippen molar-refractivity contribution >= 4 is 16.9 Å². The number of benzene rings is 2. The van der Waals surface area contributed by atoms with Crippen LogP contribution in [0.4, 0.5) is 8.78 Å². The molecular weight excluding hydrogens is 334 g/mol. The zero-order valence-corrected chi connectivity index (χ0v) is 13.0. The van der Waals surface area contributed by atoms with Crippen LogP contribution in [0.1, 0.15) is 15.9 Å². The summed E-state index contributed by atoms with van der Waals surface area (Å²) in [6.07, 6.45) is 0. The molecule has 0 bridgehead atoms. The van der Waals surface area contributed by atoms with Gasteiger partial charge in [0.1, 0.15) is 17.1 Å². The first-order valence-corrected chi connectivity index (χ1v) is 7.24. The van der Waals surface area contributed by atoms with Gasteiger partial charge in [0.2, 0.25) is 0 Å². The van der Waals surface area contributed by atoms with Gasteiger partial charge >= 0.3 is 18.2 Å². The quantitative estimate of drug-likeness (QED) is 0.407. The van der Waals surface area contributed by atoms with Crippen LogP contribution in [0, 0.1) is 6.92 Å². The van der Waals surface area contributed by atoms with E-state index in [1.807, 2.05) is 0 Å². The Bertz CT molecular complexity index is 994. The van der Waals surface area contributed by atoms with E-state index in [0.29, 0.717) is 5.39 Å². The van der Waals surface area contributed by atoms with Gasteiger partial charge in [-0.25, -0.2) is 9.59 Å². The van der Waals surface area contributed by atoms with E-state index in [1.54, 1.807) is 19.1 Å². The summed E-state index contributed by atoms with van der Waals surface area (Å²) in [5.74, 6) is -0.745. The first kappa shape index (κ1) is 16.6. The highest BCUT2D eigenvalue weighted by molar-refractivity contribution is 5.92. The normalized spacial score (nSPS) is 10.9. The van der Waals surface area contributed by atoms with Gasteiger partial charge in [-0.05, 0) is 42.8 Å². The van der Waals surface area contributed by atoms with Crippen LogP contribution in [0.3, 0.4) is 0 Å². The monoisotopic (exact) mass is 346 g/mol. The van der Waals surface area contributed by atoms with Gasteiger partial charge in [0.25, 0.3) is 0 Å². The van der Waals surface area contributed by atoms with E-state index in [1.165, 1.54) is 30.3 Å². The lowest BCUT2D eigenvalue weighted by Gasteiger charge is -2.08. The maximum absolute atomic E-state index is 12.2. The summed E-state index contributed by atoms with van der Waals surface area (Å²) in [4.78, 5) is 23.6. The molecule has 128 valence electrons. The zero-order chi connectivity index (χ0) is 18.0. The van der Waals surface area contributed by atoms with Crippen LogP contribution in [-0.2, 0) is 0 Å². The summed E-state index contributed by atoms with van der Waals surface area (Å²) < 4.78 is 39.0. The van der Waals surface area contributed by atoms with Crippen molar-refractivity contribution in [1.29, 1.82) is 0 Å². The Morgan fingerprint density at radius 1 is 1.08 bits per heavy atom. The highest BCUT2D eigenvalue weighted by Crippen LogP contribution is 2.23. The number of esters is 1. The number of aryl methyl sites for hydroxylation is 1. The topological polar surface area (TPSA) is 65.7 Å². The van der Waals surface area contributed by atoms with E-state index in [9.17, 15) is 18.4 Å². The fourth-order valence-corrected chi connectivity index (χ4v) is 2.33. The summed E-state index contributed by atoms with van der Waals surface area (Å²) in [6.45, 7) is -1.22.